The van der Waals surface area contributed by atoms with Crippen molar-refractivity contribution in [2.45, 2.75) is 17.1 Å². The molecule has 0 aliphatic carbocycles. The predicted molar refractivity (Wildman–Crippen MR) is 69.1 cm³/mol. The molecular formula is C7H8Cl3N3S2. The normalized spacial score (nSPS) is 11.5. The second-order valence-corrected chi connectivity index (χ2v) is 6.12. The summed E-state index contributed by atoms with van der Waals surface area (Å²) in [6.45, 7) is 2.84. The Balaban J connectivity index is 2.72. The molecule has 0 aliphatic rings. The lowest BCUT2D eigenvalue weighted by Gasteiger charge is -2.04. The van der Waals surface area contributed by atoms with Crippen molar-refractivity contribution in [2.75, 3.05) is 6.54 Å². The molecule has 8 heteroatoms. The first-order valence-corrected chi connectivity index (χ1v) is 6.45. The largest absolute Gasteiger partial charge is 0.374 e. The summed E-state index contributed by atoms with van der Waals surface area (Å²) in [6.07, 6.45) is 0.982. The summed E-state index contributed by atoms with van der Waals surface area (Å²) in [5.41, 5.74) is 0. The minimum absolute atomic E-state index is 0.160. The van der Waals surface area contributed by atoms with Crippen molar-refractivity contribution in [3.05, 3.63) is 10.8 Å². The number of thiocarbonyl (C=S) groups is 1. The highest BCUT2D eigenvalue weighted by atomic mass is 35.6. The van der Waals surface area contributed by atoms with Crippen molar-refractivity contribution in [1.29, 1.82) is 0 Å². The summed E-state index contributed by atoms with van der Waals surface area (Å²) in [6, 6.07) is 0. The van der Waals surface area contributed by atoms with E-state index in [4.69, 9.17) is 47.0 Å². The van der Waals surface area contributed by atoms with E-state index in [2.05, 4.69) is 14.7 Å². The summed E-state index contributed by atoms with van der Waals surface area (Å²) in [5.74, 6) is 0.160. The molecule has 0 unspecified atom stereocenters. The summed E-state index contributed by atoms with van der Waals surface area (Å²) in [4.78, 5) is 4.58. The van der Waals surface area contributed by atoms with Gasteiger partial charge in [-0.25, -0.2) is 4.98 Å². The van der Waals surface area contributed by atoms with Gasteiger partial charge in [0.25, 0.3) is 3.79 Å². The number of rotatable bonds is 3. The second-order valence-electron chi connectivity index (χ2n) is 2.68. The molecule has 0 amide bonds. The number of nitrogens with zero attached hydrogens (tertiary/aromatic N) is 2. The third-order valence-corrected chi connectivity index (χ3v) is 3.12. The average Bonchev–Trinajstić information content (AvgIpc) is 2.62. The summed E-state index contributed by atoms with van der Waals surface area (Å²) < 4.78 is 2.34. The molecule has 1 aromatic rings. The third kappa shape index (κ3) is 4.00. The van der Waals surface area contributed by atoms with Crippen LogP contribution < -0.4 is 5.32 Å². The van der Waals surface area contributed by atoms with Crippen molar-refractivity contribution < 1.29 is 0 Å². The van der Waals surface area contributed by atoms with Gasteiger partial charge in [-0.3, -0.25) is 0 Å². The number of alkyl halides is 3. The lowest BCUT2D eigenvalue weighted by atomic mass is 10.5. The van der Waals surface area contributed by atoms with Crippen molar-refractivity contribution >= 4 is 63.5 Å². The van der Waals surface area contributed by atoms with Crippen LogP contribution in [0.25, 0.3) is 0 Å². The molecule has 84 valence electrons. The number of halogens is 3. The Morgan fingerprint density at radius 2 is 2.20 bits per heavy atom. The van der Waals surface area contributed by atoms with Gasteiger partial charge in [0, 0.05) is 6.54 Å². The zero-order valence-corrected chi connectivity index (χ0v) is 11.7. The lowest BCUT2D eigenvalue weighted by Crippen LogP contribution is -2.22. The van der Waals surface area contributed by atoms with Gasteiger partial charge in [-0.05, 0) is 18.0 Å². The van der Waals surface area contributed by atoms with E-state index in [1.54, 1.807) is 0 Å². The molecular weight excluding hydrogens is 297 g/mol. The maximum absolute atomic E-state index is 5.63. The Morgan fingerprint density at radius 3 is 2.67 bits per heavy atom. The second kappa shape index (κ2) is 5.59. The standard InChI is InChI=1S/C7H8Cl3N3S2/c1-2-3-11-4(14)5-12-6(13-15-5)7(8,9)10/h2-3H2,1H3,(H,11,14). The van der Waals surface area contributed by atoms with Crippen LogP contribution in [-0.4, -0.2) is 20.9 Å². The van der Waals surface area contributed by atoms with Crippen LogP contribution in [0.15, 0.2) is 0 Å². The van der Waals surface area contributed by atoms with Gasteiger partial charge in [-0.15, -0.1) is 0 Å². The molecule has 0 bridgehead atoms. The van der Waals surface area contributed by atoms with Gasteiger partial charge in [0.2, 0.25) is 0 Å². The fourth-order valence-corrected chi connectivity index (χ4v) is 2.04. The molecule has 3 nitrogen and oxygen atoms in total. The molecule has 0 fully saturated rings. The Hall–Kier alpha value is 0.320. The van der Waals surface area contributed by atoms with Crippen molar-refractivity contribution in [2.24, 2.45) is 0 Å². The smallest absolute Gasteiger partial charge is 0.251 e. The van der Waals surface area contributed by atoms with E-state index < -0.39 is 3.79 Å². The first-order chi connectivity index (χ1) is 6.95. The molecule has 0 aliphatic heterocycles. The van der Waals surface area contributed by atoms with E-state index in [0.717, 1.165) is 24.5 Å². The maximum Gasteiger partial charge on any atom is 0.251 e. The topological polar surface area (TPSA) is 37.8 Å². The Bertz CT molecular complexity index is 347. The molecule has 1 heterocycles. The molecule has 0 saturated carbocycles. The molecule has 0 saturated heterocycles. The van der Waals surface area contributed by atoms with Gasteiger partial charge < -0.3 is 5.32 Å². The molecule has 1 aromatic heterocycles. The van der Waals surface area contributed by atoms with Crippen LogP contribution in [-0.2, 0) is 3.79 Å². The fourth-order valence-electron chi connectivity index (χ4n) is 0.745. The molecule has 0 radical (unpaired) electrons. The van der Waals surface area contributed by atoms with E-state index in [-0.39, 0.29) is 5.82 Å². The number of aromatic nitrogens is 2. The van der Waals surface area contributed by atoms with E-state index in [1.807, 2.05) is 6.92 Å². The quantitative estimate of drug-likeness (QED) is 0.688. The zero-order chi connectivity index (χ0) is 11.5. The molecule has 15 heavy (non-hydrogen) atoms. The summed E-state index contributed by atoms with van der Waals surface area (Å²) in [7, 11) is 0. The lowest BCUT2D eigenvalue weighted by molar-refractivity contribution is 0.847. The molecule has 0 spiro atoms. The average molecular weight is 305 g/mol. The van der Waals surface area contributed by atoms with Crippen molar-refractivity contribution in [1.82, 2.24) is 14.7 Å². The summed E-state index contributed by atoms with van der Waals surface area (Å²) >= 11 is 23.1. The van der Waals surface area contributed by atoms with Crippen LogP contribution in [0.3, 0.4) is 0 Å². The van der Waals surface area contributed by atoms with Gasteiger partial charge >= 0.3 is 0 Å². The van der Waals surface area contributed by atoms with Crippen molar-refractivity contribution in [3.8, 4) is 0 Å². The van der Waals surface area contributed by atoms with E-state index in [9.17, 15) is 0 Å². The molecule has 0 aromatic carbocycles. The highest BCUT2D eigenvalue weighted by Gasteiger charge is 2.28. The number of hydrogen-bond acceptors (Lipinski definition) is 4. The SMILES string of the molecule is CCCNC(=S)c1nc(C(Cl)(Cl)Cl)ns1. The fraction of sp³-hybridized carbons (Fsp3) is 0.571. The van der Waals surface area contributed by atoms with Crippen LogP contribution in [0.4, 0.5) is 0 Å². The van der Waals surface area contributed by atoms with E-state index in [1.165, 1.54) is 0 Å². The predicted octanol–water partition coefficient (Wildman–Crippen LogP) is 3.04. The maximum atomic E-state index is 5.63. The van der Waals surface area contributed by atoms with Crippen LogP contribution in [0, 0.1) is 0 Å². The molecule has 0 atom stereocenters. The minimum atomic E-state index is -1.59. The highest BCUT2D eigenvalue weighted by Crippen LogP contribution is 2.36. The molecule has 1 N–H and O–H groups in total. The number of hydrogen-bond donors (Lipinski definition) is 1. The van der Waals surface area contributed by atoms with Crippen LogP contribution >= 0.6 is 58.6 Å². The van der Waals surface area contributed by atoms with Gasteiger partial charge in [-0.1, -0.05) is 53.9 Å². The summed E-state index contributed by atoms with van der Waals surface area (Å²) in [5, 5.41) is 3.59. The minimum Gasteiger partial charge on any atom is -0.374 e. The third-order valence-electron chi connectivity index (χ3n) is 1.41. The number of nitrogens with one attached hydrogen (secondary N) is 1. The first kappa shape index (κ1) is 13.4. The van der Waals surface area contributed by atoms with Crippen LogP contribution in [0.5, 0.6) is 0 Å². The van der Waals surface area contributed by atoms with Crippen LogP contribution in [0.2, 0.25) is 0 Å². The van der Waals surface area contributed by atoms with E-state index in [0.29, 0.717) is 10.00 Å². The zero-order valence-electron chi connectivity index (χ0n) is 7.76. The van der Waals surface area contributed by atoms with Gasteiger partial charge in [0.15, 0.2) is 10.8 Å². The van der Waals surface area contributed by atoms with Crippen LogP contribution in [0.1, 0.15) is 24.2 Å². The van der Waals surface area contributed by atoms with Gasteiger partial charge in [-0.2, -0.15) is 4.37 Å². The van der Waals surface area contributed by atoms with Gasteiger partial charge in [0.1, 0.15) is 4.99 Å². The van der Waals surface area contributed by atoms with E-state index >= 15 is 0 Å². The monoisotopic (exact) mass is 303 g/mol. The Labute approximate surface area is 112 Å². The first-order valence-electron chi connectivity index (χ1n) is 4.14. The van der Waals surface area contributed by atoms with Crippen molar-refractivity contribution in [3.63, 3.8) is 0 Å². The van der Waals surface area contributed by atoms with Gasteiger partial charge in [0.05, 0.1) is 0 Å². The molecule has 1 rings (SSSR count). The Morgan fingerprint density at radius 1 is 1.53 bits per heavy atom. The Kier molecular flexibility index (Phi) is 4.99. The highest BCUT2D eigenvalue weighted by molar-refractivity contribution is 7.81.